The van der Waals surface area contributed by atoms with Crippen molar-refractivity contribution < 1.29 is 18.9 Å². The smallest absolute Gasteiger partial charge is 0.161 e. The molecule has 0 amide bonds. The average molecular weight is 314 g/mol. The number of ether oxygens (including phenoxy) is 4. The van der Waals surface area contributed by atoms with Crippen LogP contribution in [0.15, 0.2) is 42.5 Å². The van der Waals surface area contributed by atoms with Crippen LogP contribution in [0.1, 0.15) is 19.4 Å². The molecule has 0 saturated heterocycles. The molecule has 0 bridgehead atoms. The Morgan fingerprint density at radius 3 is 2.26 bits per heavy atom. The van der Waals surface area contributed by atoms with Gasteiger partial charge in [0.25, 0.3) is 0 Å². The van der Waals surface area contributed by atoms with Gasteiger partial charge >= 0.3 is 0 Å². The fraction of sp³-hybridized carbons (Fsp3) is 0.368. The molecule has 0 radical (unpaired) electrons. The normalized spacial score (nSPS) is 15.6. The van der Waals surface area contributed by atoms with E-state index in [-0.39, 0.29) is 5.41 Å². The lowest BCUT2D eigenvalue weighted by Gasteiger charge is -2.19. The van der Waals surface area contributed by atoms with Gasteiger partial charge in [0.15, 0.2) is 11.5 Å². The molecule has 0 aliphatic carbocycles. The second kappa shape index (κ2) is 6.41. The summed E-state index contributed by atoms with van der Waals surface area (Å²) in [6, 6.07) is 13.5. The molecule has 0 fully saturated rings. The van der Waals surface area contributed by atoms with E-state index >= 15 is 0 Å². The summed E-state index contributed by atoms with van der Waals surface area (Å²) in [4.78, 5) is 0. The van der Waals surface area contributed by atoms with Crippen LogP contribution in [0, 0.1) is 5.41 Å². The molecule has 4 nitrogen and oxygen atoms in total. The monoisotopic (exact) mass is 314 g/mol. The van der Waals surface area contributed by atoms with Crippen molar-refractivity contribution in [3.63, 3.8) is 0 Å². The number of hydrogen-bond donors (Lipinski definition) is 0. The molecule has 0 aromatic heterocycles. The lowest BCUT2D eigenvalue weighted by molar-refractivity contribution is 0.140. The van der Waals surface area contributed by atoms with Crippen molar-refractivity contribution in [3.05, 3.63) is 48.0 Å². The quantitative estimate of drug-likeness (QED) is 0.852. The number of methoxy groups -OCH3 is 1. The van der Waals surface area contributed by atoms with E-state index in [4.69, 9.17) is 18.9 Å². The Kier molecular flexibility index (Phi) is 4.33. The second-order valence-electron chi connectivity index (χ2n) is 6.49. The highest BCUT2D eigenvalue weighted by atomic mass is 16.5. The Bertz CT molecular complexity index is 662. The highest BCUT2D eigenvalue weighted by molar-refractivity contribution is 5.43. The third kappa shape index (κ3) is 3.89. The Labute approximate surface area is 136 Å². The van der Waals surface area contributed by atoms with E-state index in [9.17, 15) is 0 Å². The molecule has 1 heterocycles. The van der Waals surface area contributed by atoms with Gasteiger partial charge in [-0.15, -0.1) is 0 Å². The zero-order chi connectivity index (χ0) is 16.3. The highest BCUT2D eigenvalue weighted by Gasteiger charge is 2.25. The highest BCUT2D eigenvalue weighted by Crippen LogP contribution is 2.34. The molecule has 4 heteroatoms. The van der Waals surface area contributed by atoms with Crippen LogP contribution in [0.3, 0.4) is 0 Å². The summed E-state index contributed by atoms with van der Waals surface area (Å²) in [5, 5.41) is 0. The first-order chi connectivity index (χ1) is 11.1. The Morgan fingerprint density at radius 1 is 0.913 bits per heavy atom. The standard InChI is InChI=1S/C19H22O4/c1-19(2)12-22-17-9-4-14(10-18(17)23-13-19)11-21-16-7-5-15(20-3)6-8-16/h4-10H,11-13H2,1-3H3. The van der Waals surface area contributed by atoms with Gasteiger partial charge in [0, 0.05) is 5.41 Å². The van der Waals surface area contributed by atoms with Crippen molar-refractivity contribution in [2.45, 2.75) is 20.5 Å². The van der Waals surface area contributed by atoms with Gasteiger partial charge in [0.1, 0.15) is 18.1 Å². The maximum Gasteiger partial charge on any atom is 0.161 e. The SMILES string of the molecule is COc1ccc(OCc2ccc3c(c2)OCC(C)(C)CO3)cc1. The van der Waals surface area contributed by atoms with Crippen LogP contribution in [-0.4, -0.2) is 20.3 Å². The van der Waals surface area contributed by atoms with Crippen molar-refractivity contribution in [1.82, 2.24) is 0 Å². The third-order valence-corrected chi connectivity index (χ3v) is 3.71. The number of fused-ring (bicyclic) bond motifs is 1. The van der Waals surface area contributed by atoms with Crippen LogP contribution in [0.25, 0.3) is 0 Å². The summed E-state index contributed by atoms with van der Waals surface area (Å²) in [5.74, 6) is 3.20. The van der Waals surface area contributed by atoms with E-state index in [0.717, 1.165) is 28.6 Å². The first kappa shape index (κ1) is 15.5. The molecule has 0 spiro atoms. The van der Waals surface area contributed by atoms with E-state index < -0.39 is 0 Å². The number of rotatable bonds is 4. The lowest BCUT2D eigenvalue weighted by atomic mass is 9.97. The third-order valence-electron chi connectivity index (χ3n) is 3.71. The molecular weight excluding hydrogens is 292 g/mol. The van der Waals surface area contributed by atoms with E-state index in [1.165, 1.54) is 0 Å². The second-order valence-corrected chi connectivity index (χ2v) is 6.49. The summed E-state index contributed by atoms with van der Waals surface area (Å²) in [7, 11) is 1.65. The molecule has 2 aromatic carbocycles. The van der Waals surface area contributed by atoms with E-state index in [0.29, 0.717) is 19.8 Å². The van der Waals surface area contributed by atoms with Crippen LogP contribution in [0.2, 0.25) is 0 Å². The van der Waals surface area contributed by atoms with Gasteiger partial charge in [0.05, 0.1) is 20.3 Å². The van der Waals surface area contributed by atoms with Crippen molar-refractivity contribution in [2.24, 2.45) is 5.41 Å². The van der Waals surface area contributed by atoms with Crippen molar-refractivity contribution in [2.75, 3.05) is 20.3 Å². The molecule has 0 saturated carbocycles. The molecule has 1 aliphatic rings. The van der Waals surface area contributed by atoms with Crippen molar-refractivity contribution in [1.29, 1.82) is 0 Å². The van der Waals surface area contributed by atoms with Crippen LogP contribution < -0.4 is 18.9 Å². The van der Waals surface area contributed by atoms with Gasteiger partial charge < -0.3 is 18.9 Å². The molecule has 0 N–H and O–H groups in total. The zero-order valence-corrected chi connectivity index (χ0v) is 13.8. The minimum Gasteiger partial charge on any atom is -0.497 e. The van der Waals surface area contributed by atoms with Gasteiger partial charge in [-0.05, 0) is 42.0 Å². The summed E-state index contributed by atoms with van der Waals surface area (Å²) in [6.07, 6.45) is 0. The summed E-state index contributed by atoms with van der Waals surface area (Å²) < 4.78 is 22.7. The van der Waals surface area contributed by atoms with Gasteiger partial charge in [-0.25, -0.2) is 0 Å². The van der Waals surface area contributed by atoms with E-state index in [2.05, 4.69) is 13.8 Å². The summed E-state index contributed by atoms with van der Waals surface area (Å²) in [5.41, 5.74) is 1.06. The first-order valence-electron chi connectivity index (χ1n) is 7.71. The van der Waals surface area contributed by atoms with Crippen LogP contribution in [-0.2, 0) is 6.61 Å². The Morgan fingerprint density at radius 2 is 1.57 bits per heavy atom. The zero-order valence-electron chi connectivity index (χ0n) is 13.8. The van der Waals surface area contributed by atoms with Crippen LogP contribution in [0.5, 0.6) is 23.0 Å². The van der Waals surface area contributed by atoms with E-state index in [1.807, 2.05) is 42.5 Å². The molecule has 3 rings (SSSR count). The predicted molar refractivity (Wildman–Crippen MR) is 88.5 cm³/mol. The lowest BCUT2D eigenvalue weighted by Crippen LogP contribution is -2.26. The maximum atomic E-state index is 5.89. The Balaban J connectivity index is 1.66. The summed E-state index contributed by atoms with van der Waals surface area (Å²) >= 11 is 0. The molecule has 0 unspecified atom stereocenters. The summed E-state index contributed by atoms with van der Waals surface area (Å²) in [6.45, 7) is 6.04. The minimum absolute atomic E-state index is 0.0127. The minimum atomic E-state index is 0.0127. The number of benzene rings is 2. The average Bonchev–Trinajstić information content (AvgIpc) is 2.72. The fourth-order valence-corrected chi connectivity index (χ4v) is 2.30. The maximum absolute atomic E-state index is 5.89. The topological polar surface area (TPSA) is 36.9 Å². The van der Waals surface area contributed by atoms with Crippen molar-refractivity contribution >= 4 is 0 Å². The molecule has 23 heavy (non-hydrogen) atoms. The molecule has 2 aromatic rings. The first-order valence-corrected chi connectivity index (χ1v) is 7.71. The van der Waals surface area contributed by atoms with Crippen LogP contribution in [0.4, 0.5) is 0 Å². The largest absolute Gasteiger partial charge is 0.497 e. The van der Waals surface area contributed by atoms with Crippen molar-refractivity contribution in [3.8, 4) is 23.0 Å². The van der Waals surface area contributed by atoms with E-state index in [1.54, 1.807) is 7.11 Å². The van der Waals surface area contributed by atoms with Gasteiger partial charge in [-0.3, -0.25) is 0 Å². The van der Waals surface area contributed by atoms with Gasteiger partial charge in [0.2, 0.25) is 0 Å². The van der Waals surface area contributed by atoms with Crippen LogP contribution >= 0.6 is 0 Å². The predicted octanol–water partition coefficient (Wildman–Crippen LogP) is 4.07. The molecular formula is C19H22O4. The molecule has 0 atom stereocenters. The number of hydrogen-bond acceptors (Lipinski definition) is 4. The van der Waals surface area contributed by atoms with Gasteiger partial charge in [-0.2, -0.15) is 0 Å². The molecule has 122 valence electrons. The Hall–Kier alpha value is -2.36. The fourth-order valence-electron chi connectivity index (χ4n) is 2.30. The molecule has 1 aliphatic heterocycles. The van der Waals surface area contributed by atoms with Gasteiger partial charge in [-0.1, -0.05) is 19.9 Å².